The molecule has 0 saturated carbocycles. The van der Waals surface area contributed by atoms with E-state index in [9.17, 15) is 13.2 Å². The fourth-order valence-corrected chi connectivity index (χ4v) is 5.81. The Morgan fingerprint density at radius 2 is 2.23 bits per heavy atom. The first-order chi connectivity index (χ1) is 12.4. The molecule has 1 aromatic carbocycles. The maximum atomic E-state index is 12.8. The van der Waals surface area contributed by atoms with E-state index in [-0.39, 0.29) is 18.2 Å². The summed E-state index contributed by atoms with van der Waals surface area (Å²) in [7, 11) is -3.36. The number of aromatic nitrogens is 1. The first-order valence-electron chi connectivity index (χ1n) is 8.33. The molecule has 6 nitrogen and oxygen atoms in total. The monoisotopic (exact) mass is 390 g/mol. The van der Waals surface area contributed by atoms with Crippen molar-refractivity contribution in [3.05, 3.63) is 52.9 Å². The number of fused-ring (bicyclic) bond motifs is 1. The summed E-state index contributed by atoms with van der Waals surface area (Å²) in [5, 5.41) is 0.404. The number of sulfone groups is 1. The third kappa shape index (κ3) is 3.26. The number of nitrogens with zero attached hydrogens (tertiary/aromatic N) is 2. The molecule has 1 aliphatic heterocycles. The van der Waals surface area contributed by atoms with Gasteiger partial charge in [0, 0.05) is 18.7 Å². The molecule has 1 aliphatic rings. The highest BCUT2D eigenvalue weighted by atomic mass is 32.2. The van der Waals surface area contributed by atoms with Gasteiger partial charge in [0.05, 0.1) is 26.7 Å². The van der Waals surface area contributed by atoms with Crippen molar-refractivity contribution in [2.45, 2.75) is 24.3 Å². The number of carbonyl (C=O) groups excluding carboxylic acids is 1. The van der Waals surface area contributed by atoms with E-state index in [0.29, 0.717) is 24.3 Å². The minimum Gasteiger partial charge on any atom is -0.468 e. The van der Waals surface area contributed by atoms with Crippen molar-refractivity contribution in [2.75, 3.05) is 13.1 Å². The van der Waals surface area contributed by atoms with Gasteiger partial charge in [0.25, 0.3) is 5.91 Å². The summed E-state index contributed by atoms with van der Waals surface area (Å²) in [4.78, 5) is 18.8. The second-order valence-corrected chi connectivity index (χ2v) is 9.98. The number of thiazole rings is 1. The smallest absolute Gasteiger partial charge is 0.253 e. The van der Waals surface area contributed by atoms with Crippen LogP contribution in [0.4, 0.5) is 0 Å². The van der Waals surface area contributed by atoms with Gasteiger partial charge in [-0.3, -0.25) is 4.79 Å². The molecule has 0 bridgehead atoms. The third-order valence-corrected chi connectivity index (χ3v) is 7.63. The summed E-state index contributed by atoms with van der Waals surface area (Å²) in [6, 6.07) is 8.77. The summed E-state index contributed by atoms with van der Waals surface area (Å²) in [6.45, 7) is 2.60. The molecule has 1 fully saturated rings. The van der Waals surface area contributed by atoms with E-state index < -0.39 is 15.1 Å². The first-order valence-corrected chi connectivity index (χ1v) is 10.9. The Morgan fingerprint density at radius 3 is 3.00 bits per heavy atom. The van der Waals surface area contributed by atoms with Gasteiger partial charge in [0.2, 0.25) is 0 Å². The molecular formula is C18H18N2O4S2. The normalized spacial score (nSPS) is 17.9. The zero-order valence-corrected chi connectivity index (χ0v) is 15.8. The van der Waals surface area contributed by atoms with Crippen LogP contribution in [0.5, 0.6) is 0 Å². The quantitative estimate of drug-likeness (QED) is 0.684. The molecule has 8 heteroatoms. The van der Waals surface area contributed by atoms with Crippen LogP contribution in [0.15, 0.2) is 41.0 Å². The lowest BCUT2D eigenvalue weighted by molar-refractivity contribution is 0.0793. The topological polar surface area (TPSA) is 80.5 Å². The molecule has 1 saturated heterocycles. The minimum atomic E-state index is -3.36. The van der Waals surface area contributed by atoms with E-state index in [1.807, 2.05) is 19.1 Å². The van der Waals surface area contributed by atoms with E-state index in [0.717, 1.165) is 15.2 Å². The van der Waals surface area contributed by atoms with Gasteiger partial charge in [0.1, 0.15) is 11.5 Å². The van der Waals surface area contributed by atoms with Gasteiger partial charge in [-0.2, -0.15) is 0 Å². The number of rotatable bonds is 4. The van der Waals surface area contributed by atoms with Gasteiger partial charge in [-0.05, 0) is 43.7 Å². The van der Waals surface area contributed by atoms with Gasteiger partial charge in [-0.15, -0.1) is 11.3 Å². The maximum absolute atomic E-state index is 12.8. The van der Waals surface area contributed by atoms with Crippen molar-refractivity contribution in [1.29, 1.82) is 0 Å². The van der Waals surface area contributed by atoms with Crippen molar-refractivity contribution >= 4 is 37.3 Å². The zero-order valence-electron chi connectivity index (χ0n) is 14.2. The average molecular weight is 390 g/mol. The van der Waals surface area contributed by atoms with E-state index in [2.05, 4.69) is 4.98 Å². The van der Waals surface area contributed by atoms with Crippen LogP contribution in [0.1, 0.15) is 27.5 Å². The van der Waals surface area contributed by atoms with Crippen LogP contribution in [0, 0.1) is 6.92 Å². The Bertz CT molecular complexity index is 1050. The van der Waals surface area contributed by atoms with E-state index in [1.165, 1.54) is 6.26 Å². The van der Waals surface area contributed by atoms with E-state index >= 15 is 0 Å². The summed E-state index contributed by atoms with van der Waals surface area (Å²) in [5.41, 5.74) is 1.45. The number of hydrogen-bond donors (Lipinski definition) is 0. The summed E-state index contributed by atoms with van der Waals surface area (Å²) in [5.74, 6) is 0.174. The van der Waals surface area contributed by atoms with Crippen LogP contribution >= 0.6 is 11.3 Å². The number of amides is 1. The van der Waals surface area contributed by atoms with E-state index in [1.54, 1.807) is 34.4 Å². The summed E-state index contributed by atoms with van der Waals surface area (Å²) < 4.78 is 31.3. The van der Waals surface area contributed by atoms with Crippen molar-refractivity contribution < 1.29 is 17.6 Å². The van der Waals surface area contributed by atoms with Gasteiger partial charge < -0.3 is 9.32 Å². The van der Waals surface area contributed by atoms with Crippen LogP contribution in [-0.2, 0) is 15.6 Å². The molecule has 0 aliphatic carbocycles. The van der Waals surface area contributed by atoms with Crippen LogP contribution in [-0.4, -0.2) is 42.5 Å². The van der Waals surface area contributed by atoms with Gasteiger partial charge in [-0.25, -0.2) is 13.4 Å². The number of benzene rings is 1. The lowest BCUT2D eigenvalue weighted by Gasteiger charge is -2.16. The SMILES string of the molecule is Cc1nc2ccc(C(=O)N3CC[C@@H](S(=O)(=O)Cc4ccco4)C3)cc2s1. The highest BCUT2D eigenvalue weighted by Gasteiger charge is 2.36. The number of hydrogen-bond acceptors (Lipinski definition) is 6. The van der Waals surface area contributed by atoms with E-state index in [4.69, 9.17) is 4.42 Å². The molecular weight excluding hydrogens is 372 g/mol. The standard InChI is InChI=1S/C18H18N2O4S2/c1-12-19-16-5-4-13(9-17(16)25-12)18(21)20-7-6-15(10-20)26(22,23)11-14-3-2-8-24-14/h2-5,8-9,15H,6-7,10-11H2,1H3/t15-/m1/s1. The molecule has 136 valence electrons. The Morgan fingerprint density at radius 1 is 1.38 bits per heavy atom. The molecule has 0 N–H and O–H groups in total. The van der Waals surface area contributed by atoms with Crippen molar-refractivity contribution in [1.82, 2.24) is 9.88 Å². The second kappa shape index (κ2) is 6.51. The summed E-state index contributed by atoms with van der Waals surface area (Å²) in [6.07, 6.45) is 1.92. The lowest BCUT2D eigenvalue weighted by atomic mass is 10.2. The Labute approximate surface area is 155 Å². The molecule has 0 unspecified atom stereocenters. The highest BCUT2D eigenvalue weighted by Crippen LogP contribution is 2.26. The lowest BCUT2D eigenvalue weighted by Crippen LogP contribution is -2.32. The second-order valence-electron chi connectivity index (χ2n) is 6.46. The van der Waals surface area contributed by atoms with Gasteiger partial charge in [0.15, 0.2) is 9.84 Å². The van der Waals surface area contributed by atoms with Crippen LogP contribution < -0.4 is 0 Å². The van der Waals surface area contributed by atoms with Crippen LogP contribution in [0.3, 0.4) is 0 Å². The molecule has 4 rings (SSSR count). The number of likely N-dealkylation sites (tertiary alicyclic amines) is 1. The number of carbonyl (C=O) groups is 1. The fourth-order valence-electron chi connectivity index (χ4n) is 3.27. The minimum absolute atomic E-state index is 0.126. The van der Waals surface area contributed by atoms with Crippen LogP contribution in [0.25, 0.3) is 10.2 Å². The van der Waals surface area contributed by atoms with Crippen molar-refractivity contribution in [2.24, 2.45) is 0 Å². The molecule has 1 atom stereocenters. The molecule has 3 aromatic rings. The molecule has 0 spiro atoms. The predicted octanol–water partition coefficient (Wildman–Crippen LogP) is 3.03. The Balaban J connectivity index is 1.49. The predicted molar refractivity (Wildman–Crippen MR) is 100.0 cm³/mol. The molecule has 0 radical (unpaired) electrons. The molecule has 3 heterocycles. The van der Waals surface area contributed by atoms with Crippen molar-refractivity contribution in [3.8, 4) is 0 Å². The maximum Gasteiger partial charge on any atom is 0.253 e. The van der Waals surface area contributed by atoms with Crippen molar-refractivity contribution in [3.63, 3.8) is 0 Å². The fraction of sp³-hybridized carbons (Fsp3) is 0.333. The first kappa shape index (κ1) is 17.2. The zero-order chi connectivity index (χ0) is 18.3. The largest absolute Gasteiger partial charge is 0.468 e. The van der Waals surface area contributed by atoms with Gasteiger partial charge >= 0.3 is 0 Å². The van der Waals surface area contributed by atoms with Crippen LogP contribution in [0.2, 0.25) is 0 Å². The summed E-state index contributed by atoms with van der Waals surface area (Å²) >= 11 is 1.54. The molecule has 2 aromatic heterocycles. The third-order valence-electron chi connectivity index (χ3n) is 4.61. The molecule has 26 heavy (non-hydrogen) atoms. The highest BCUT2D eigenvalue weighted by molar-refractivity contribution is 7.91. The van der Waals surface area contributed by atoms with Gasteiger partial charge in [-0.1, -0.05) is 0 Å². The Hall–Kier alpha value is -2.19. The Kier molecular flexibility index (Phi) is 4.32. The number of furan rings is 1. The number of aryl methyl sites for hydroxylation is 1. The molecule has 1 amide bonds. The average Bonchev–Trinajstić information content (AvgIpc) is 3.32.